The number of carbonyl (C=O) groups is 3. The third-order valence-electron chi connectivity index (χ3n) is 3.57. The predicted molar refractivity (Wildman–Crippen MR) is 102 cm³/mol. The molecule has 0 unspecified atom stereocenters. The summed E-state index contributed by atoms with van der Waals surface area (Å²) in [4.78, 5) is 36.6. The second-order valence-corrected chi connectivity index (χ2v) is 6.58. The van der Waals surface area contributed by atoms with E-state index in [0.717, 1.165) is 0 Å². The van der Waals surface area contributed by atoms with Crippen LogP contribution in [-0.2, 0) is 14.4 Å². The van der Waals surface area contributed by atoms with Gasteiger partial charge in [-0.1, -0.05) is 0 Å². The fourth-order valence-corrected chi connectivity index (χ4v) is 1.92. The Bertz CT molecular complexity index is 914. The minimum atomic E-state index is -5.08. The maximum absolute atomic E-state index is 12.0. The van der Waals surface area contributed by atoms with E-state index in [-0.39, 0.29) is 6.54 Å². The number of hydrogen-bond donors (Lipinski definition) is 4. The van der Waals surface area contributed by atoms with E-state index >= 15 is 0 Å². The quantitative estimate of drug-likeness (QED) is 0.506. The van der Waals surface area contributed by atoms with Crippen LogP contribution < -0.4 is 21.1 Å². The van der Waals surface area contributed by atoms with Gasteiger partial charge in [-0.15, -0.1) is 0 Å². The number of rotatable bonds is 5. The fraction of sp³-hybridized carbons (Fsp3) is 0.333. The van der Waals surface area contributed by atoms with Gasteiger partial charge in [-0.05, 0) is 26.0 Å². The smallest absolute Gasteiger partial charge is 0.490 e. The van der Waals surface area contributed by atoms with Crippen molar-refractivity contribution in [3.05, 3.63) is 30.8 Å². The van der Waals surface area contributed by atoms with Crippen molar-refractivity contribution < 1.29 is 41.8 Å². The number of hydrogen-bond acceptors (Lipinski definition) is 7. The van der Waals surface area contributed by atoms with Crippen molar-refractivity contribution in [2.24, 2.45) is 5.73 Å². The molecule has 0 aliphatic rings. The molecule has 10 nitrogen and oxygen atoms in total. The van der Waals surface area contributed by atoms with E-state index in [1.54, 1.807) is 38.2 Å². The Labute approximate surface area is 174 Å². The monoisotopic (exact) mass is 446 g/mol. The Morgan fingerprint density at radius 2 is 1.84 bits per heavy atom. The van der Waals surface area contributed by atoms with Gasteiger partial charge in [-0.3, -0.25) is 9.59 Å². The molecule has 0 saturated carbocycles. The lowest BCUT2D eigenvalue weighted by atomic mass is 10.1. The summed E-state index contributed by atoms with van der Waals surface area (Å²) in [5.41, 5.74) is 5.97. The third-order valence-corrected chi connectivity index (χ3v) is 3.57. The standard InChI is InChI=1S/C16H20N4O4.C2HF3O2/c1-16(2,8-17)20-15(22)14(21)19-10-4-5-11(12(6-10)23-3)13-7-18-9-24-13;3-2(4,5)1(6)7/h4-7,9H,8,17H2,1-3H3,(H,19,21)(H,20,22);(H,6,7). The molecule has 170 valence electrons. The lowest BCUT2D eigenvalue weighted by Crippen LogP contribution is -2.52. The van der Waals surface area contributed by atoms with Gasteiger partial charge in [0.05, 0.1) is 18.9 Å². The summed E-state index contributed by atoms with van der Waals surface area (Å²) < 4.78 is 42.3. The minimum absolute atomic E-state index is 0.214. The number of amides is 2. The number of carboxylic acid groups (broad SMARTS) is 1. The van der Waals surface area contributed by atoms with Crippen LogP contribution in [0.3, 0.4) is 0 Å². The van der Waals surface area contributed by atoms with E-state index in [1.165, 1.54) is 13.5 Å². The summed E-state index contributed by atoms with van der Waals surface area (Å²) in [6, 6.07) is 4.94. The van der Waals surface area contributed by atoms with E-state index in [1.807, 2.05) is 0 Å². The highest BCUT2D eigenvalue weighted by atomic mass is 19.4. The van der Waals surface area contributed by atoms with E-state index in [9.17, 15) is 22.8 Å². The number of aromatic nitrogens is 1. The van der Waals surface area contributed by atoms with Gasteiger partial charge in [0, 0.05) is 23.8 Å². The van der Waals surface area contributed by atoms with Crippen LogP contribution in [0.5, 0.6) is 5.75 Å². The number of oxazole rings is 1. The number of nitrogens with one attached hydrogen (secondary N) is 2. The van der Waals surface area contributed by atoms with Gasteiger partial charge in [0.25, 0.3) is 0 Å². The van der Waals surface area contributed by atoms with Crippen LogP contribution in [0.1, 0.15) is 13.8 Å². The zero-order valence-corrected chi connectivity index (χ0v) is 16.7. The fourth-order valence-electron chi connectivity index (χ4n) is 1.92. The summed E-state index contributed by atoms with van der Waals surface area (Å²) >= 11 is 0. The number of aliphatic carboxylic acids is 1. The number of carboxylic acids is 1. The Morgan fingerprint density at radius 3 is 2.29 bits per heavy atom. The Kier molecular flexibility index (Phi) is 8.55. The summed E-state index contributed by atoms with van der Waals surface area (Å²) in [6.45, 7) is 3.67. The van der Waals surface area contributed by atoms with E-state index < -0.39 is 29.5 Å². The first kappa shape index (κ1) is 25.4. The van der Waals surface area contributed by atoms with Crippen molar-refractivity contribution in [2.75, 3.05) is 19.0 Å². The van der Waals surface area contributed by atoms with Crippen LogP contribution in [0.4, 0.5) is 18.9 Å². The van der Waals surface area contributed by atoms with Crippen LogP contribution in [0.15, 0.2) is 35.2 Å². The average Bonchev–Trinajstić information content (AvgIpc) is 3.21. The molecule has 2 amide bonds. The van der Waals surface area contributed by atoms with E-state index in [0.29, 0.717) is 22.8 Å². The number of methoxy groups -OCH3 is 1. The number of nitrogens with zero attached hydrogens (tertiary/aromatic N) is 1. The zero-order valence-electron chi connectivity index (χ0n) is 16.7. The van der Waals surface area contributed by atoms with Crippen LogP contribution in [0.25, 0.3) is 11.3 Å². The summed E-state index contributed by atoms with van der Waals surface area (Å²) in [6.07, 6.45) is -2.22. The molecule has 0 bridgehead atoms. The van der Waals surface area contributed by atoms with Gasteiger partial charge >= 0.3 is 24.0 Å². The molecule has 13 heteroatoms. The highest BCUT2D eigenvalue weighted by molar-refractivity contribution is 6.39. The maximum atomic E-state index is 12.0. The molecule has 2 rings (SSSR count). The van der Waals surface area contributed by atoms with E-state index in [4.69, 9.17) is 24.8 Å². The Morgan fingerprint density at radius 1 is 1.23 bits per heavy atom. The topological polar surface area (TPSA) is 157 Å². The summed E-state index contributed by atoms with van der Waals surface area (Å²) in [5, 5.41) is 12.2. The predicted octanol–water partition coefficient (Wildman–Crippen LogP) is 1.78. The Hall–Kier alpha value is -3.61. The lowest BCUT2D eigenvalue weighted by Gasteiger charge is -2.23. The SMILES string of the molecule is COc1cc(NC(=O)C(=O)NC(C)(C)CN)ccc1-c1cnco1.O=C(O)C(F)(F)F. The normalized spacial score (nSPS) is 11.1. The third kappa shape index (κ3) is 7.97. The zero-order chi connectivity index (χ0) is 23.8. The number of alkyl halides is 3. The molecule has 5 N–H and O–H groups in total. The molecular formula is C18H21F3N4O6. The number of nitrogens with two attached hydrogens (primary N) is 1. The molecule has 0 radical (unpaired) electrons. The summed E-state index contributed by atoms with van der Waals surface area (Å²) in [7, 11) is 1.50. The number of benzene rings is 1. The Balaban J connectivity index is 0.000000592. The molecule has 0 aliphatic heterocycles. The molecule has 1 heterocycles. The molecule has 31 heavy (non-hydrogen) atoms. The molecular weight excluding hydrogens is 425 g/mol. The number of carbonyl (C=O) groups excluding carboxylic acids is 2. The molecule has 0 spiro atoms. The van der Waals surface area contributed by atoms with Crippen molar-refractivity contribution in [1.29, 1.82) is 0 Å². The number of halogens is 3. The van der Waals surface area contributed by atoms with Crippen molar-refractivity contribution in [1.82, 2.24) is 10.3 Å². The first-order valence-electron chi connectivity index (χ1n) is 8.51. The molecule has 0 atom stereocenters. The minimum Gasteiger partial charge on any atom is -0.496 e. The van der Waals surface area contributed by atoms with Crippen LogP contribution in [-0.4, -0.2) is 53.2 Å². The highest BCUT2D eigenvalue weighted by Crippen LogP contribution is 2.32. The largest absolute Gasteiger partial charge is 0.496 e. The molecule has 1 aromatic heterocycles. The van der Waals surface area contributed by atoms with Crippen molar-refractivity contribution in [3.8, 4) is 17.1 Å². The summed E-state index contributed by atoms with van der Waals surface area (Å²) in [5.74, 6) is -3.29. The maximum Gasteiger partial charge on any atom is 0.490 e. The van der Waals surface area contributed by atoms with Crippen molar-refractivity contribution >= 4 is 23.5 Å². The second kappa shape index (κ2) is 10.4. The van der Waals surface area contributed by atoms with Crippen LogP contribution >= 0.6 is 0 Å². The van der Waals surface area contributed by atoms with Gasteiger partial charge in [0.2, 0.25) is 0 Å². The first-order valence-corrected chi connectivity index (χ1v) is 8.51. The van der Waals surface area contributed by atoms with Gasteiger partial charge in [0.15, 0.2) is 12.2 Å². The highest BCUT2D eigenvalue weighted by Gasteiger charge is 2.38. The molecule has 2 aromatic rings. The van der Waals surface area contributed by atoms with Gasteiger partial charge in [0.1, 0.15) is 5.75 Å². The first-order chi connectivity index (χ1) is 14.3. The van der Waals surface area contributed by atoms with Crippen LogP contribution in [0, 0.1) is 0 Å². The van der Waals surface area contributed by atoms with Crippen molar-refractivity contribution in [2.45, 2.75) is 25.6 Å². The molecule has 0 saturated heterocycles. The average molecular weight is 446 g/mol. The number of anilines is 1. The van der Waals surface area contributed by atoms with Crippen LogP contribution in [0.2, 0.25) is 0 Å². The van der Waals surface area contributed by atoms with Crippen molar-refractivity contribution in [3.63, 3.8) is 0 Å². The van der Waals surface area contributed by atoms with Gasteiger partial charge in [-0.25, -0.2) is 9.78 Å². The molecule has 1 aromatic carbocycles. The lowest BCUT2D eigenvalue weighted by molar-refractivity contribution is -0.192. The second-order valence-electron chi connectivity index (χ2n) is 6.58. The number of ether oxygens (including phenoxy) is 1. The van der Waals surface area contributed by atoms with Gasteiger partial charge in [-0.2, -0.15) is 13.2 Å². The molecule has 0 aliphatic carbocycles. The van der Waals surface area contributed by atoms with E-state index in [2.05, 4.69) is 15.6 Å². The van der Waals surface area contributed by atoms with Gasteiger partial charge < -0.3 is 30.6 Å². The molecule has 0 fully saturated rings.